The number of rotatable bonds is 5. The van der Waals surface area contributed by atoms with Crippen molar-refractivity contribution in [3.8, 4) is 5.75 Å². The van der Waals surface area contributed by atoms with Gasteiger partial charge in [-0.05, 0) is 51.3 Å². The van der Waals surface area contributed by atoms with Crippen molar-refractivity contribution < 1.29 is 13.9 Å². The molecule has 1 aliphatic carbocycles. The molecule has 2 atom stereocenters. The lowest BCUT2D eigenvalue weighted by Crippen LogP contribution is -2.30. The van der Waals surface area contributed by atoms with E-state index in [-0.39, 0.29) is 41.9 Å². The topological polar surface area (TPSA) is 64.3 Å². The van der Waals surface area contributed by atoms with E-state index in [0.717, 1.165) is 19.3 Å². The average molecular weight is 331 g/mol. The Kier molecular flexibility index (Phi) is 7.10. The Morgan fingerprint density at radius 2 is 2.18 bits per heavy atom. The highest BCUT2D eigenvalue weighted by Gasteiger charge is 2.32. The maximum absolute atomic E-state index is 14.0. The second-order valence-electron chi connectivity index (χ2n) is 5.83. The van der Waals surface area contributed by atoms with Crippen LogP contribution in [0.2, 0.25) is 0 Å². The van der Waals surface area contributed by atoms with Crippen molar-refractivity contribution in [2.75, 3.05) is 11.9 Å². The fraction of sp³-hybridized carbons (Fsp3) is 0.562. The predicted octanol–water partition coefficient (Wildman–Crippen LogP) is 3.35. The van der Waals surface area contributed by atoms with Crippen molar-refractivity contribution in [2.24, 2.45) is 17.6 Å². The lowest BCUT2D eigenvalue weighted by molar-refractivity contribution is -0.120. The van der Waals surface area contributed by atoms with Crippen LogP contribution in [0.1, 0.15) is 33.1 Å². The molecule has 0 radical (unpaired) electrons. The van der Waals surface area contributed by atoms with Gasteiger partial charge in [0.2, 0.25) is 5.91 Å². The lowest BCUT2D eigenvalue weighted by Gasteiger charge is -2.18. The molecule has 1 fully saturated rings. The van der Waals surface area contributed by atoms with Gasteiger partial charge in [-0.2, -0.15) is 0 Å². The van der Waals surface area contributed by atoms with Crippen LogP contribution in [0, 0.1) is 17.7 Å². The number of hydrogen-bond acceptors (Lipinski definition) is 3. The molecule has 124 valence electrons. The second kappa shape index (κ2) is 8.34. The first kappa shape index (κ1) is 18.7. The van der Waals surface area contributed by atoms with Crippen LogP contribution in [0.4, 0.5) is 10.1 Å². The molecule has 1 saturated carbocycles. The summed E-state index contributed by atoms with van der Waals surface area (Å²) in [6, 6.07) is 4.50. The van der Waals surface area contributed by atoms with Crippen LogP contribution >= 0.6 is 12.4 Å². The van der Waals surface area contributed by atoms with E-state index < -0.39 is 5.82 Å². The summed E-state index contributed by atoms with van der Waals surface area (Å²) in [5, 5.41) is 2.67. The molecular formula is C16H24ClFN2O2. The molecular weight excluding hydrogens is 307 g/mol. The van der Waals surface area contributed by atoms with Crippen molar-refractivity contribution in [1.29, 1.82) is 0 Å². The number of hydrogen-bond donors (Lipinski definition) is 2. The molecule has 0 heterocycles. The molecule has 22 heavy (non-hydrogen) atoms. The van der Waals surface area contributed by atoms with E-state index >= 15 is 0 Å². The Morgan fingerprint density at radius 1 is 1.45 bits per heavy atom. The summed E-state index contributed by atoms with van der Waals surface area (Å²) in [7, 11) is 0. The highest BCUT2D eigenvalue weighted by molar-refractivity contribution is 5.93. The Hall–Kier alpha value is -1.33. The summed E-state index contributed by atoms with van der Waals surface area (Å²) >= 11 is 0. The number of ether oxygens (including phenoxy) is 1. The first-order chi connectivity index (χ1) is 10.0. The largest absolute Gasteiger partial charge is 0.491 e. The van der Waals surface area contributed by atoms with Gasteiger partial charge in [0.1, 0.15) is 11.6 Å². The fourth-order valence-electron chi connectivity index (χ4n) is 2.83. The van der Waals surface area contributed by atoms with Crippen LogP contribution in [-0.4, -0.2) is 18.6 Å². The van der Waals surface area contributed by atoms with Gasteiger partial charge in [0.25, 0.3) is 0 Å². The number of carbonyl (C=O) groups is 1. The number of nitrogens with two attached hydrogens (primary N) is 1. The van der Waals surface area contributed by atoms with Crippen molar-refractivity contribution in [2.45, 2.75) is 39.2 Å². The predicted molar refractivity (Wildman–Crippen MR) is 87.9 cm³/mol. The Morgan fingerprint density at radius 3 is 2.77 bits per heavy atom. The van der Waals surface area contributed by atoms with Crippen molar-refractivity contribution in [3.63, 3.8) is 0 Å². The minimum absolute atomic E-state index is 0. The van der Waals surface area contributed by atoms with Crippen LogP contribution in [0.15, 0.2) is 18.2 Å². The third-order valence-corrected chi connectivity index (χ3v) is 3.87. The molecule has 2 rings (SSSR count). The zero-order valence-corrected chi connectivity index (χ0v) is 13.8. The van der Waals surface area contributed by atoms with E-state index in [4.69, 9.17) is 10.5 Å². The molecule has 0 aliphatic heterocycles. The van der Waals surface area contributed by atoms with Crippen molar-refractivity contribution >= 4 is 24.0 Å². The van der Waals surface area contributed by atoms with Crippen LogP contribution < -0.4 is 15.8 Å². The van der Waals surface area contributed by atoms with E-state index in [1.54, 1.807) is 6.07 Å². The van der Waals surface area contributed by atoms with Gasteiger partial charge in [-0.25, -0.2) is 4.39 Å². The van der Waals surface area contributed by atoms with Crippen LogP contribution in [-0.2, 0) is 4.79 Å². The number of halogens is 2. The highest BCUT2D eigenvalue weighted by atomic mass is 35.5. The van der Waals surface area contributed by atoms with E-state index in [9.17, 15) is 9.18 Å². The number of benzene rings is 1. The van der Waals surface area contributed by atoms with Crippen molar-refractivity contribution in [3.05, 3.63) is 24.0 Å². The summed E-state index contributed by atoms with van der Waals surface area (Å²) in [5.74, 6) is -0.0676. The second-order valence-corrected chi connectivity index (χ2v) is 5.83. The monoisotopic (exact) mass is 330 g/mol. The molecule has 0 bridgehead atoms. The maximum Gasteiger partial charge on any atom is 0.227 e. The summed E-state index contributed by atoms with van der Waals surface area (Å²) in [6.07, 6.45) is 2.78. The van der Waals surface area contributed by atoms with Crippen LogP contribution in [0.25, 0.3) is 0 Å². The third kappa shape index (κ3) is 4.58. The Labute approximate surface area is 137 Å². The van der Waals surface area contributed by atoms with Gasteiger partial charge in [-0.15, -0.1) is 12.4 Å². The van der Waals surface area contributed by atoms with E-state index in [1.165, 1.54) is 12.1 Å². The van der Waals surface area contributed by atoms with Gasteiger partial charge in [0.15, 0.2) is 0 Å². The molecule has 0 spiro atoms. The molecule has 1 aliphatic rings. The van der Waals surface area contributed by atoms with Gasteiger partial charge < -0.3 is 15.8 Å². The fourth-order valence-corrected chi connectivity index (χ4v) is 2.83. The SMILES string of the molecule is CC(C)Oc1ccc(NC(=O)[C@@H]2CCC[C@@H]2CN)c(F)c1.Cl. The molecule has 1 aromatic carbocycles. The van der Waals surface area contributed by atoms with Gasteiger partial charge in [-0.3, -0.25) is 4.79 Å². The minimum Gasteiger partial charge on any atom is -0.491 e. The zero-order valence-electron chi connectivity index (χ0n) is 13.0. The number of anilines is 1. The maximum atomic E-state index is 14.0. The van der Waals surface area contributed by atoms with Gasteiger partial charge in [0.05, 0.1) is 11.8 Å². The summed E-state index contributed by atoms with van der Waals surface area (Å²) in [5.41, 5.74) is 5.87. The Balaban J connectivity index is 0.00000242. The minimum atomic E-state index is -0.483. The van der Waals surface area contributed by atoms with Crippen molar-refractivity contribution in [1.82, 2.24) is 0 Å². The lowest BCUT2D eigenvalue weighted by atomic mass is 9.95. The zero-order chi connectivity index (χ0) is 15.4. The summed E-state index contributed by atoms with van der Waals surface area (Å²) in [6.45, 7) is 4.25. The normalized spacial score (nSPS) is 20.6. The van der Waals surface area contributed by atoms with E-state index in [0.29, 0.717) is 12.3 Å². The van der Waals surface area contributed by atoms with E-state index in [1.807, 2.05) is 13.8 Å². The van der Waals surface area contributed by atoms with E-state index in [2.05, 4.69) is 5.32 Å². The van der Waals surface area contributed by atoms with Crippen LogP contribution in [0.3, 0.4) is 0 Å². The molecule has 3 N–H and O–H groups in total. The summed E-state index contributed by atoms with van der Waals surface area (Å²) < 4.78 is 19.4. The number of carbonyl (C=O) groups excluding carboxylic acids is 1. The quantitative estimate of drug-likeness (QED) is 0.870. The smallest absolute Gasteiger partial charge is 0.227 e. The number of amides is 1. The Bertz CT molecular complexity index is 511. The molecule has 0 saturated heterocycles. The molecule has 6 heteroatoms. The number of nitrogens with one attached hydrogen (secondary N) is 1. The first-order valence-corrected chi connectivity index (χ1v) is 7.48. The van der Waals surface area contributed by atoms with Gasteiger partial charge >= 0.3 is 0 Å². The molecule has 0 unspecified atom stereocenters. The average Bonchev–Trinajstić information content (AvgIpc) is 2.89. The molecule has 4 nitrogen and oxygen atoms in total. The molecule has 1 amide bonds. The van der Waals surface area contributed by atoms with Gasteiger partial charge in [-0.1, -0.05) is 6.42 Å². The summed E-state index contributed by atoms with van der Waals surface area (Å²) in [4.78, 5) is 12.2. The van der Waals surface area contributed by atoms with Crippen LogP contribution in [0.5, 0.6) is 5.75 Å². The molecule has 0 aromatic heterocycles. The van der Waals surface area contributed by atoms with Gasteiger partial charge in [0, 0.05) is 12.0 Å². The third-order valence-electron chi connectivity index (χ3n) is 3.87. The highest BCUT2D eigenvalue weighted by Crippen LogP contribution is 2.32. The first-order valence-electron chi connectivity index (χ1n) is 7.48. The standard InChI is InChI=1S/C16H23FN2O2.ClH/c1-10(2)21-12-6-7-15(14(17)8-12)19-16(20)13-5-3-4-11(13)9-18;/h6-8,10-11,13H,3-5,9,18H2,1-2H3,(H,19,20);1H/t11-,13-;/m1./s1. The molecule has 1 aromatic rings.